The number of amides is 3. The molecule has 3 amide bonds. The van der Waals surface area contributed by atoms with Crippen LogP contribution < -0.4 is 19.5 Å². The number of ether oxygens (including phenoxy) is 3. The van der Waals surface area contributed by atoms with E-state index in [0.717, 1.165) is 11.0 Å². The number of nitrogens with one attached hydrogen (secondary N) is 1. The number of alkyl halides is 6. The van der Waals surface area contributed by atoms with E-state index in [-0.39, 0.29) is 30.0 Å². The average molecular weight is 639 g/mol. The zero-order valence-electron chi connectivity index (χ0n) is 24.0. The molecule has 14 heteroatoms. The van der Waals surface area contributed by atoms with Gasteiger partial charge < -0.3 is 24.6 Å². The lowest BCUT2D eigenvalue weighted by atomic mass is 9.90. The Kier molecular flexibility index (Phi) is 8.15. The third-order valence-electron chi connectivity index (χ3n) is 7.68. The van der Waals surface area contributed by atoms with Crippen molar-refractivity contribution in [3.05, 3.63) is 82.9 Å². The van der Waals surface area contributed by atoms with Crippen molar-refractivity contribution in [3.63, 3.8) is 0 Å². The van der Waals surface area contributed by atoms with Crippen LogP contribution in [-0.4, -0.2) is 47.5 Å². The second kappa shape index (κ2) is 11.5. The number of carbonyl (C=O) groups excluding carboxylic acids is 2. The minimum Gasteiger partial charge on any atom is -0.486 e. The van der Waals surface area contributed by atoms with Crippen LogP contribution >= 0.6 is 0 Å². The van der Waals surface area contributed by atoms with Crippen LogP contribution in [0.15, 0.2) is 60.7 Å². The molecular weight excluding hydrogens is 610 g/mol. The van der Waals surface area contributed by atoms with Crippen LogP contribution in [0.1, 0.15) is 42.5 Å². The fraction of sp³-hybridized carbons (Fsp3) is 0.355. The Morgan fingerprint density at radius 1 is 0.933 bits per heavy atom. The second-order valence-corrected chi connectivity index (χ2v) is 10.8. The summed E-state index contributed by atoms with van der Waals surface area (Å²) >= 11 is 0. The molecule has 45 heavy (non-hydrogen) atoms. The van der Waals surface area contributed by atoms with Gasteiger partial charge in [-0.2, -0.15) is 26.3 Å². The number of rotatable bonds is 8. The van der Waals surface area contributed by atoms with Crippen LogP contribution in [-0.2, 0) is 28.9 Å². The fourth-order valence-corrected chi connectivity index (χ4v) is 5.26. The Labute approximate surface area is 253 Å². The van der Waals surface area contributed by atoms with E-state index in [4.69, 9.17) is 14.2 Å². The van der Waals surface area contributed by atoms with Gasteiger partial charge in [-0.05, 0) is 66.4 Å². The van der Waals surface area contributed by atoms with E-state index in [1.165, 1.54) is 12.1 Å². The predicted molar refractivity (Wildman–Crippen MR) is 147 cm³/mol. The van der Waals surface area contributed by atoms with Crippen LogP contribution in [0.5, 0.6) is 23.0 Å². The first-order valence-corrected chi connectivity index (χ1v) is 13.9. The summed E-state index contributed by atoms with van der Waals surface area (Å²) in [5.74, 6) is 0.569. The zero-order chi connectivity index (χ0) is 32.8. The van der Waals surface area contributed by atoms with Crippen LogP contribution in [0.25, 0.3) is 0 Å². The number of halogens is 6. The molecule has 2 aliphatic heterocycles. The summed E-state index contributed by atoms with van der Waals surface area (Å²) in [6.07, 6.45) is -11.6. The molecule has 3 aromatic carbocycles. The number of hydrogen-bond acceptors (Lipinski definition) is 6. The van der Waals surface area contributed by atoms with Crippen LogP contribution in [0.4, 0.5) is 31.1 Å². The lowest BCUT2D eigenvalue weighted by Crippen LogP contribution is -2.53. The number of aryl methyl sites for hydroxylation is 1. The zero-order valence-corrected chi connectivity index (χ0v) is 24.0. The summed E-state index contributed by atoms with van der Waals surface area (Å²) < 4.78 is 97.7. The molecule has 0 spiro atoms. The highest BCUT2D eigenvalue weighted by Gasteiger charge is 2.71. The maximum Gasteiger partial charge on any atom is 0.430 e. The maximum atomic E-state index is 13.5. The van der Waals surface area contributed by atoms with Gasteiger partial charge in [-0.3, -0.25) is 9.69 Å². The number of fused-ring (bicyclic) bond motifs is 1. The van der Waals surface area contributed by atoms with E-state index in [0.29, 0.717) is 54.4 Å². The number of hydrogen-bond donors (Lipinski definition) is 2. The molecule has 1 saturated heterocycles. The Bertz CT molecular complexity index is 1610. The van der Waals surface area contributed by atoms with Crippen molar-refractivity contribution in [2.75, 3.05) is 13.2 Å². The van der Waals surface area contributed by atoms with Gasteiger partial charge in [-0.1, -0.05) is 37.6 Å². The second-order valence-electron chi connectivity index (χ2n) is 10.8. The minimum absolute atomic E-state index is 0.0108. The summed E-state index contributed by atoms with van der Waals surface area (Å²) in [5, 5.41) is 12.6. The summed E-state index contributed by atoms with van der Waals surface area (Å²) in [6.45, 7) is 3.81. The molecule has 0 radical (unpaired) electrons. The fourth-order valence-electron chi connectivity index (χ4n) is 5.26. The monoisotopic (exact) mass is 638 g/mol. The molecule has 2 N–H and O–H groups in total. The van der Waals surface area contributed by atoms with E-state index < -0.39 is 41.0 Å². The molecular formula is C31H28F6N2O6. The van der Waals surface area contributed by atoms with Gasteiger partial charge >= 0.3 is 18.4 Å². The van der Waals surface area contributed by atoms with Crippen molar-refractivity contribution in [3.8, 4) is 23.0 Å². The van der Waals surface area contributed by atoms with Crippen molar-refractivity contribution < 1.29 is 55.2 Å². The third-order valence-corrected chi connectivity index (χ3v) is 7.68. The van der Waals surface area contributed by atoms with E-state index in [9.17, 15) is 41.0 Å². The van der Waals surface area contributed by atoms with E-state index in [2.05, 4.69) is 5.32 Å². The molecule has 240 valence electrons. The number of urea groups is 1. The standard InChI is InChI=1S/C31H28F6N2O6/c1-3-5-19-15-21(29(42,30(32,33)34)31(35,36)37)9-10-23(19)45-22-7-4-6-18(14-22)17-39-26(40)28(2,38-27(39)41)20-8-11-24-25(16-20)44-13-12-43-24/h4,6-11,14-16,42H,3,5,12-13,17H2,1-2H3,(H,38,41). The van der Waals surface area contributed by atoms with Crippen LogP contribution in [0.2, 0.25) is 0 Å². The lowest BCUT2D eigenvalue weighted by Gasteiger charge is -2.33. The minimum atomic E-state index is -6.02. The Morgan fingerprint density at radius 3 is 2.29 bits per heavy atom. The molecule has 3 aromatic rings. The van der Waals surface area contributed by atoms with Crippen LogP contribution in [0.3, 0.4) is 0 Å². The van der Waals surface area contributed by atoms with Gasteiger partial charge in [0.2, 0.25) is 0 Å². The van der Waals surface area contributed by atoms with Gasteiger partial charge in [0.15, 0.2) is 11.5 Å². The summed E-state index contributed by atoms with van der Waals surface area (Å²) in [6, 6.07) is 12.6. The van der Waals surface area contributed by atoms with Gasteiger partial charge in [0, 0.05) is 5.56 Å². The Morgan fingerprint density at radius 2 is 1.62 bits per heavy atom. The molecule has 0 bridgehead atoms. The summed E-state index contributed by atoms with van der Waals surface area (Å²) in [4.78, 5) is 27.5. The lowest BCUT2D eigenvalue weighted by molar-refractivity contribution is -0.376. The first-order valence-electron chi connectivity index (χ1n) is 13.9. The van der Waals surface area contributed by atoms with E-state index in [1.54, 1.807) is 44.2 Å². The molecule has 2 heterocycles. The first-order chi connectivity index (χ1) is 21.1. The number of aliphatic hydroxyl groups is 1. The van der Waals surface area contributed by atoms with Crippen LogP contribution in [0, 0.1) is 0 Å². The van der Waals surface area contributed by atoms with Gasteiger partial charge in [-0.25, -0.2) is 4.79 Å². The third kappa shape index (κ3) is 5.74. The van der Waals surface area contributed by atoms with Crippen molar-refractivity contribution in [1.82, 2.24) is 10.2 Å². The van der Waals surface area contributed by atoms with Crippen molar-refractivity contribution in [2.45, 2.75) is 56.7 Å². The average Bonchev–Trinajstić information content (AvgIpc) is 3.20. The highest BCUT2D eigenvalue weighted by molar-refractivity contribution is 6.07. The molecule has 1 fully saturated rings. The predicted octanol–water partition coefficient (Wildman–Crippen LogP) is 6.48. The van der Waals surface area contributed by atoms with Gasteiger partial charge in [0.25, 0.3) is 11.5 Å². The van der Waals surface area contributed by atoms with Gasteiger partial charge in [0.1, 0.15) is 30.3 Å². The molecule has 1 unspecified atom stereocenters. The Balaban J connectivity index is 1.38. The maximum absolute atomic E-state index is 13.5. The smallest absolute Gasteiger partial charge is 0.430 e. The number of imide groups is 1. The highest BCUT2D eigenvalue weighted by atomic mass is 19.4. The quantitative estimate of drug-likeness (QED) is 0.217. The molecule has 5 rings (SSSR count). The van der Waals surface area contributed by atoms with E-state index in [1.807, 2.05) is 0 Å². The summed E-state index contributed by atoms with van der Waals surface area (Å²) in [7, 11) is 0. The van der Waals surface area contributed by atoms with Crippen molar-refractivity contribution in [1.29, 1.82) is 0 Å². The topological polar surface area (TPSA) is 97.3 Å². The Hall–Kier alpha value is -4.46. The summed E-state index contributed by atoms with van der Waals surface area (Å²) in [5.41, 5.74) is -6.90. The molecule has 0 aromatic heterocycles. The highest BCUT2D eigenvalue weighted by Crippen LogP contribution is 2.50. The molecule has 0 saturated carbocycles. The van der Waals surface area contributed by atoms with Crippen molar-refractivity contribution in [2.24, 2.45) is 0 Å². The van der Waals surface area contributed by atoms with Gasteiger partial charge in [-0.15, -0.1) is 0 Å². The van der Waals surface area contributed by atoms with E-state index >= 15 is 0 Å². The van der Waals surface area contributed by atoms with Crippen molar-refractivity contribution >= 4 is 11.9 Å². The molecule has 2 aliphatic rings. The SMILES string of the molecule is CCCc1cc(C(O)(C(F)(F)F)C(F)(F)F)ccc1Oc1cccc(CN2C(=O)NC(C)(c3ccc4c(c3)OCCO4)C2=O)c1. The molecule has 8 nitrogen and oxygen atoms in total. The first kappa shape index (κ1) is 31.9. The largest absolute Gasteiger partial charge is 0.486 e. The normalized spacial score (nSPS) is 18.6. The number of benzene rings is 3. The van der Waals surface area contributed by atoms with Gasteiger partial charge in [0.05, 0.1) is 6.54 Å². The number of carbonyl (C=O) groups is 2. The molecule has 0 aliphatic carbocycles. The molecule has 1 atom stereocenters. The number of nitrogens with zero attached hydrogens (tertiary/aromatic N) is 1.